The molecule has 0 aliphatic heterocycles. The van der Waals surface area contributed by atoms with Crippen molar-refractivity contribution in [2.75, 3.05) is 0 Å². The number of aromatic hydroxyl groups is 1. The first-order valence-corrected chi connectivity index (χ1v) is 5.94. The molecule has 0 radical (unpaired) electrons. The van der Waals surface area contributed by atoms with Crippen LogP contribution in [0.4, 0.5) is 0 Å². The predicted molar refractivity (Wildman–Crippen MR) is 74.5 cm³/mol. The molecule has 0 spiro atoms. The van der Waals surface area contributed by atoms with Gasteiger partial charge >= 0.3 is 0 Å². The second-order valence-corrected chi connectivity index (χ2v) is 4.36. The summed E-state index contributed by atoms with van der Waals surface area (Å²) in [5, 5.41) is 19.8. The summed E-state index contributed by atoms with van der Waals surface area (Å²) < 4.78 is 0. The third-order valence-corrected chi connectivity index (χ3v) is 2.80. The number of phenols is 1. The molecule has 0 saturated carbocycles. The number of rotatable bonds is 3. The van der Waals surface area contributed by atoms with Crippen LogP contribution in [0.5, 0.6) is 5.75 Å². The third-order valence-electron chi connectivity index (χ3n) is 2.56. The maximum absolute atomic E-state index is 11.9. The van der Waals surface area contributed by atoms with Crippen molar-refractivity contribution in [3.05, 3.63) is 70.8 Å². The normalized spacial score (nSPS) is 11.3. The Bertz CT molecular complexity index is 633. The van der Waals surface area contributed by atoms with Gasteiger partial charge in [-0.05, 0) is 18.2 Å². The second-order valence-electron chi connectivity index (χ2n) is 3.92. The van der Waals surface area contributed by atoms with E-state index in [4.69, 9.17) is 11.6 Å². The molecule has 0 saturated heterocycles. The fourth-order valence-corrected chi connectivity index (χ4v) is 1.77. The molecular weight excluding hydrogens is 264 g/mol. The van der Waals surface area contributed by atoms with Crippen molar-refractivity contribution in [2.24, 2.45) is 0 Å². The summed E-state index contributed by atoms with van der Waals surface area (Å²) in [6.45, 7) is 0. The van der Waals surface area contributed by atoms with Crippen LogP contribution in [0.15, 0.2) is 54.6 Å². The summed E-state index contributed by atoms with van der Waals surface area (Å²) in [6, 6.07) is 12.9. The van der Waals surface area contributed by atoms with Crippen molar-refractivity contribution in [1.82, 2.24) is 0 Å². The fourth-order valence-electron chi connectivity index (χ4n) is 1.61. The van der Waals surface area contributed by atoms with Crippen LogP contribution in [0.2, 0.25) is 5.02 Å². The number of aliphatic hydroxyl groups is 1. The van der Waals surface area contributed by atoms with Crippen LogP contribution in [0.1, 0.15) is 15.9 Å². The van der Waals surface area contributed by atoms with Gasteiger partial charge in [-0.15, -0.1) is 0 Å². The Morgan fingerprint density at radius 3 is 2.42 bits per heavy atom. The summed E-state index contributed by atoms with van der Waals surface area (Å²) in [6.07, 6.45) is 1.07. The van der Waals surface area contributed by atoms with E-state index in [1.165, 1.54) is 18.2 Å². The maximum atomic E-state index is 11.9. The monoisotopic (exact) mass is 274 g/mol. The van der Waals surface area contributed by atoms with Crippen LogP contribution >= 0.6 is 11.6 Å². The van der Waals surface area contributed by atoms with E-state index in [1.807, 2.05) is 6.07 Å². The Hall–Kier alpha value is -2.26. The number of ketones is 1. The van der Waals surface area contributed by atoms with Crippen LogP contribution in [0.25, 0.3) is 5.76 Å². The highest BCUT2D eigenvalue weighted by Gasteiger charge is 2.11. The zero-order chi connectivity index (χ0) is 13.8. The number of halogens is 1. The molecular formula is C15H11ClO3. The van der Waals surface area contributed by atoms with E-state index in [0.717, 1.165) is 6.08 Å². The van der Waals surface area contributed by atoms with E-state index in [-0.39, 0.29) is 17.1 Å². The lowest BCUT2D eigenvalue weighted by molar-refractivity contribution is 0.104. The van der Waals surface area contributed by atoms with E-state index in [0.29, 0.717) is 10.6 Å². The molecule has 0 bridgehead atoms. The van der Waals surface area contributed by atoms with Crippen molar-refractivity contribution in [3.8, 4) is 5.75 Å². The van der Waals surface area contributed by atoms with Crippen LogP contribution in [-0.4, -0.2) is 16.0 Å². The molecule has 0 aliphatic rings. The first-order chi connectivity index (χ1) is 9.08. The fraction of sp³-hybridized carbons (Fsp3) is 0. The summed E-state index contributed by atoms with van der Waals surface area (Å²) >= 11 is 5.69. The molecule has 19 heavy (non-hydrogen) atoms. The zero-order valence-electron chi connectivity index (χ0n) is 9.88. The van der Waals surface area contributed by atoms with Gasteiger partial charge in [0.25, 0.3) is 0 Å². The van der Waals surface area contributed by atoms with Crippen molar-refractivity contribution in [3.63, 3.8) is 0 Å². The third kappa shape index (κ3) is 3.14. The highest BCUT2D eigenvalue weighted by Crippen LogP contribution is 2.23. The topological polar surface area (TPSA) is 57.5 Å². The minimum atomic E-state index is -0.490. The van der Waals surface area contributed by atoms with Gasteiger partial charge < -0.3 is 10.2 Å². The average molecular weight is 275 g/mol. The van der Waals surface area contributed by atoms with Gasteiger partial charge in [0.15, 0.2) is 5.78 Å². The standard InChI is InChI=1S/C15H11ClO3/c16-11-6-7-12(14(18)8-11)15(19)9-13(17)10-4-2-1-3-5-10/h1-9,17-18H/b13-9-. The van der Waals surface area contributed by atoms with E-state index < -0.39 is 5.78 Å². The number of phenolic OH excluding ortho intramolecular Hbond substituents is 1. The summed E-state index contributed by atoms with van der Waals surface area (Å²) in [5.41, 5.74) is 0.621. The van der Waals surface area contributed by atoms with E-state index in [2.05, 4.69) is 0 Å². The van der Waals surface area contributed by atoms with Crippen molar-refractivity contribution in [2.45, 2.75) is 0 Å². The Kier molecular flexibility index (Phi) is 3.88. The largest absolute Gasteiger partial charge is 0.507 e. The van der Waals surface area contributed by atoms with E-state index in [9.17, 15) is 15.0 Å². The van der Waals surface area contributed by atoms with Crippen LogP contribution in [0, 0.1) is 0 Å². The van der Waals surface area contributed by atoms with E-state index in [1.54, 1.807) is 24.3 Å². The Morgan fingerprint density at radius 1 is 1.11 bits per heavy atom. The van der Waals surface area contributed by atoms with E-state index >= 15 is 0 Å². The number of allylic oxidation sites excluding steroid dienone is 1. The number of hydrogen-bond donors (Lipinski definition) is 2. The molecule has 2 rings (SSSR count). The van der Waals surface area contributed by atoms with Gasteiger partial charge in [-0.25, -0.2) is 0 Å². The number of benzene rings is 2. The number of carbonyl (C=O) groups excluding carboxylic acids is 1. The molecule has 0 aromatic heterocycles. The smallest absolute Gasteiger partial charge is 0.193 e. The molecule has 2 aromatic carbocycles. The van der Waals surface area contributed by atoms with Crippen molar-refractivity contribution >= 4 is 23.1 Å². The number of carbonyl (C=O) groups is 1. The lowest BCUT2D eigenvalue weighted by Gasteiger charge is -2.02. The molecule has 0 heterocycles. The first-order valence-electron chi connectivity index (χ1n) is 5.57. The first kappa shape index (κ1) is 13.2. The lowest BCUT2D eigenvalue weighted by Crippen LogP contribution is -1.97. The minimum Gasteiger partial charge on any atom is -0.507 e. The molecule has 2 aromatic rings. The van der Waals surface area contributed by atoms with Crippen LogP contribution in [0.3, 0.4) is 0 Å². The van der Waals surface area contributed by atoms with Gasteiger partial charge in [-0.2, -0.15) is 0 Å². The van der Waals surface area contributed by atoms with Gasteiger partial charge in [-0.3, -0.25) is 4.79 Å². The minimum absolute atomic E-state index is 0.0897. The average Bonchev–Trinajstić information content (AvgIpc) is 2.39. The predicted octanol–water partition coefficient (Wildman–Crippen LogP) is 3.83. The summed E-state index contributed by atoms with van der Waals surface area (Å²) in [5.74, 6) is -0.856. The molecule has 0 aliphatic carbocycles. The highest BCUT2D eigenvalue weighted by atomic mass is 35.5. The quantitative estimate of drug-likeness (QED) is 0.508. The van der Waals surface area contributed by atoms with Gasteiger partial charge in [0.1, 0.15) is 11.5 Å². The number of aliphatic hydroxyl groups excluding tert-OH is 1. The molecule has 0 unspecified atom stereocenters. The highest BCUT2D eigenvalue weighted by molar-refractivity contribution is 6.31. The molecule has 0 amide bonds. The molecule has 3 nitrogen and oxygen atoms in total. The van der Waals surface area contributed by atoms with Crippen LogP contribution < -0.4 is 0 Å². The van der Waals surface area contributed by atoms with Crippen molar-refractivity contribution in [1.29, 1.82) is 0 Å². The summed E-state index contributed by atoms with van der Waals surface area (Å²) in [7, 11) is 0. The summed E-state index contributed by atoms with van der Waals surface area (Å²) in [4.78, 5) is 11.9. The molecule has 2 N–H and O–H groups in total. The van der Waals surface area contributed by atoms with Crippen molar-refractivity contribution < 1.29 is 15.0 Å². The van der Waals surface area contributed by atoms with Gasteiger partial charge in [0.2, 0.25) is 0 Å². The van der Waals surface area contributed by atoms with Gasteiger partial charge in [0, 0.05) is 16.7 Å². The Morgan fingerprint density at radius 2 is 1.79 bits per heavy atom. The maximum Gasteiger partial charge on any atom is 0.193 e. The van der Waals surface area contributed by atoms with Gasteiger partial charge in [-0.1, -0.05) is 41.9 Å². The lowest BCUT2D eigenvalue weighted by atomic mass is 10.1. The number of hydrogen-bond acceptors (Lipinski definition) is 3. The molecule has 0 atom stereocenters. The van der Waals surface area contributed by atoms with Gasteiger partial charge in [0.05, 0.1) is 5.56 Å². The second kappa shape index (κ2) is 5.59. The molecule has 96 valence electrons. The molecule has 4 heteroatoms. The Labute approximate surface area is 115 Å². The Balaban J connectivity index is 2.30. The SMILES string of the molecule is O=C(/C=C(\O)c1ccccc1)c1ccc(Cl)cc1O. The molecule has 0 fully saturated rings. The zero-order valence-corrected chi connectivity index (χ0v) is 10.6. The van der Waals surface area contributed by atoms with Crippen LogP contribution in [-0.2, 0) is 0 Å².